The lowest BCUT2D eigenvalue weighted by Gasteiger charge is -2.30. The normalized spacial score (nSPS) is 16.4. The molecule has 0 N–H and O–H groups in total. The Labute approximate surface area is 116 Å². The number of hydrogen-bond donors (Lipinski definition) is 0. The number of hydrogen-bond acceptors (Lipinski definition) is 2. The van der Waals surface area contributed by atoms with Crippen LogP contribution in [0, 0.1) is 0 Å². The predicted octanol–water partition coefficient (Wildman–Crippen LogP) is 2.73. The Hall–Kier alpha value is -0.280. The highest BCUT2D eigenvalue weighted by atomic mass is 35.5. The van der Waals surface area contributed by atoms with Gasteiger partial charge in [-0.05, 0) is 39.8 Å². The van der Waals surface area contributed by atoms with Crippen molar-refractivity contribution in [1.29, 1.82) is 0 Å². The second kappa shape index (κ2) is 8.76. The van der Waals surface area contributed by atoms with Gasteiger partial charge in [0.1, 0.15) is 0 Å². The molecule has 0 saturated heterocycles. The third-order valence-corrected chi connectivity index (χ3v) is 3.92. The van der Waals surface area contributed by atoms with Crippen molar-refractivity contribution in [2.24, 2.45) is 0 Å². The Morgan fingerprint density at radius 1 is 1.17 bits per heavy atom. The number of carbonyl (C=O) groups excluding carboxylic acids is 1. The number of halogens is 1. The van der Waals surface area contributed by atoms with Crippen molar-refractivity contribution in [1.82, 2.24) is 9.80 Å². The minimum Gasteiger partial charge on any atom is -0.338 e. The van der Waals surface area contributed by atoms with Crippen molar-refractivity contribution >= 4 is 17.5 Å². The molecule has 0 heterocycles. The molecule has 1 fully saturated rings. The molecular weight excluding hydrogens is 248 g/mol. The molecule has 0 atom stereocenters. The molecule has 3 nitrogen and oxygen atoms in total. The minimum atomic E-state index is 0.328. The van der Waals surface area contributed by atoms with Crippen molar-refractivity contribution in [2.45, 2.75) is 51.0 Å². The zero-order valence-corrected chi connectivity index (χ0v) is 12.6. The molecule has 0 aliphatic heterocycles. The maximum Gasteiger partial charge on any atom is 0.222 e. The average Bonchev–Trinajstić information content (AvgIpc) is 2.83. The maximum atomic E-state index is 12.3. The summed E-state index contributed by atoms with van der Waals surface area (Å²) in [6.07, 6.45) is 7.46. The van der Waals surface area contributed by atoms with E-state index in [9.17, 15) is 4.79 Å². The highest BCUT2D eigenvalue weighted by Gasteiger charge is 2.25. The quantitative estimate of drug-likeness (QED) is 0.502. The third kappa shape index (κ3) is 5.57. The molecule has 0 spiro atoms. The summed E-state index contributed by atoms with van der Waals surface area (Å²) < 4.78 is 0. The number of alkyl halides is 1. The van der Waals surface area contributed by atoms with Crippen molar-refractivity contribution in [2.75, 3.05) is 33.1 Å². The molecule has 18 heavy (non-hydrogen) atoms. The van der Waals surface area contributed by atoms with Gasteiger partial charge in [0.05, 0.1) is 0 Å². The van der Waals surface area contributed by atoms with Crippen LogP contribution in [-0.4, -0.2) is 54.8 Å². The smallest absolute Gasteiger partial charge is 0.222 e. The van der Waals surface area contributed by atoms with Crippen LogP contribution in [0.4, 0.5) is 0 Å². The van der Waals surface area contributed by atoms with Crippen LogP contribution in [-0.2, 0) is 4.79 Å². The highest BCUT2D eigenvalue weighted by molar-refractivity contribution is 6.17. The van der Waals surface area contributed by atoms with Gasteiger partial charge in [-0.2, -0.15) is 0 Å². The van der Waals surface area contributed by atoms with E-state index >= 15 is 0 Å². The van der Waals surface area contributed by atoms with Gasteiger partial charge in [0.2, 0.25) is 5.91 Å². The van der Waals surface area contributed by atoms with Crippen LogP contribution in [0.1, 0.15) is 44.9 Å². The molecule has 1 saturated carbocycles. The Kier molecular flexibility index (Phi) is 7.68. The number of rotatable bonds is 8. The SMILES string of the molecule is CN(C)CCN(C(=O)CCCCCl)C1CCCC1. The van der Waals surface area contributed by atoms with E-state index in [1.165, 1.54) is 25.7 Å². The number of amides is 1. The summed E-state index contributed by atoms with van der Waals surface area (Å²) in [7, 11) is 4.12. The van der Waals surface area contributed by atoms with Crippen molar-refractivity contribution < 1.29 is 4.79 Å². The van der Waals surface area contributed by atoms with E-state index in [0.29, 0.717) is 24.2 Å². The summed E-state index contributed by atoms with van der Waals surface area (Å²) in [5.41, 5.74) is 0. The Morgan fingerprint density at radius 2 is 1.83 bits per heavy atom. The molecule has 4 heteroatoms. The van der Waals surface area contributed by atoms with Crippen LogP contribution in [0.2, 0.25) is 0 Å². The van der Waals surface area contributed by atoms with Crippen LogP contribution < -0.4 is 0 Å². The summed E-state index contributed by atoms with van der Waals surface area (Å²) in [5, 5.41) is 0. The molecule has 1 aliphatic rings. The van der Waals surface area contributed by atoms with Crippen LogP contribution in [0.25, 0.3) is 0 Å². The summed E-state index contributed by atoms with van der Waals surface area (Å²) in [6, 6.07) is 0.494. The minimum absolute atomic E-state index is 0.328. The van der Waals surface area contributed by atoms with Crippen molar-refractivity contribution in [3.63, 3.8) is 0 Å². The molecule has 0 radical (unpaired) electrons. The van der Waals surface area contributed by atoms with E-state index in [4.69, 9.17) is 11.6 Å². The number of carbonyl (C=O) groups is 1. The van der Waals surface area contributed by atoms with Gasteiger partial charge in [0.15, 0.2) is 0 Å². The third-order valence-electron chi connectivity index (χ3n) is 3.65. The van der Waals surface area contributed by atoms with E-state index in [0.717, 1.165) is 25.9 Å². The zero-order valence-electron chi connectivity index (χ0n) is 11.8. The Morgan fingerprint density at radius 3 is 2.39 bits per heavy atom. The van der Waals surface area contributed by atoms with Crippen molar-refractivity contribution in [3.05, 3.63) is 0 Å². The molecule has 106 valence electrons. The van der Waals surface area contributed by atoms with Gasteiger partial charge in [-0.1, -0.05) is 12.8 Å². The molecule has 1 aliphatic carbocycles. The Balaban J connectivity index is 2.44. The predicted molar refractivity (Wildman–Crippen MR) is 77.1 cm³/mol. The van der Waals surface area contributed by atoms with Gasteiger partial charge < -0.3 is 9.80 Å². The van der Waals surface area contributed by atoms with Crippen molar-refractivity contribution in [3.8, 4) is 0 Å². The summed E-state index contributed by atoms with van der Waals surface area (Å²) in [5.74, 6) is 0.989. The van der Waals surface area contributed by atoms with E-state index in [1.807, 2.05) is 0 Å². The number of unbranched alkanes of at least 4 members (excludes halogenated alkanes) is 1. The second-order valence-corrected chi connectivity index (χ2v) is 5.85. The van der Waals surface area contributed by atoms with Crippen LogP contribution in [0.15, 0.2) is 0 Å². The van der Waals surface area contributed by atoms with Crippen LogP contribution >= 0.6 is 11.6 Å². The zero-order chi connectivity index (χ0) is 13.4. The highest BCUT2D eigenvalue weighted by Crippen LogP contribution is 2.24. The topological polar surface area (TPSA) is 23.6 Å². The van der Waals surface area contributed by atoms with Gasteiger partial charge in [0.25, 0.3) is 0 Å². The van der Waals surface area contributed by atoms with E-state index in [2.05, 4.69) is 23.9 Å². The maximum absolute atomic E-state index is 12.3. The summed E-state index contributed by atoms with van der Waals surface area (Å²) >= 11 is 5.66. The van der Waals surface area contributed by atoms with Gasteiger partial charge >= 0.3 is 0 Å². The second-order valence-electron chi connectivity index (χ2n) is 5.47. The fraction of sp³-hybridized carbons (Fsp3) is 0.929. The largest absolute Gasteiger partial charge is 0.338 e. The van der Waals surface area contributed by atoms with Gasteiger partial charge in [-0.3, -0.25) is 4.79 Å². The molecule has 0 aromatic heterocycles. The lowest BCUT2D eigenvalue weighted by molar-refractivity contribution is -0.133. The first-order valence-electron chi connectivity index (χ1n) is 7.15. The lowest BCUT2D eigenvalue weighted by atomic mass is 10.1. The van der Waals surface area contributed by atoms with Crippen LogP contribution in [0.5, 0.6) is 0 Å². The monoisotopic (exact) mass is 274 g/mol. The molecule has 1 amide bonds. The van der Waals surface area contributed by atoms with Gasteiger partial charge in [0, 0.05) is 31.4 Å². The first-order valence-corrected chi connectivity index (χ1v) is 7.68. The fourth-order valence-corrected chi connectivity index (χ4v) is 2.74. The first kappa shape index (κ1) is 15.8. The number of nitrogens with zero attached hydrogens (tertiary/aromatic N) is 2. The van der Waals surface area contributed by atoms with E-state index in [1.54, 1.807) is 0 Å². The van der Waals surface area contributed by atoms with Gasteiger partial charge in [-0.15, -0.1) is 11.6 Å². The standard InChI is InChI=1S/C14H27ClN2O/c1-16(2)11-12-17(13-7-3-4-8-13)14(18)9-5-6-10-15/h13H,3-12H2,1-2H3. The molecule has 0 aromatic carbocycles. The molecule has 0 unspecified atom stereocenters. The molecule has 0 bridgehead atoms. The Bertz CT molecular complexity index is 240. The summed E-state index contributed by atoms with van der Waals surface area (Å²) in [4.78, 5) is 16.6. The summed E-state index contributed by atoms with van der Waals surface area (Å²) in [6.45, 7) is 1.83. The van der Waals surface area contributed by atoms with E-state index in [-0.39, 0.29) is 0 Å². The first-order chi connectivity index (χ1) is 8.65. The van der Waals surface area contributed by atoms with Gasteiger partial charge in [-0.25, -0.2) is 0 Å². The molecule has 1 rings (SSSR count). The lowest BCUT2D eigenvalue weighted by Crippen LogP contribution is -2.42. The average molecular weight is 275 g/mol. The number of likely N-dealkylation sites (N-methyl/N-ethyl adjacent to an activating group) is 1. The van der Waals surface area contributed by atoms with Crippen LogP contribution in [0.3, 0.4) is 0 Å². The van der Waals surface area contributed by atoms with E-state index < -0.39 is 0 Å². The molecular formula is C14H27ClN2O. The molecule has 0 aromatic rings. The fourth-order valence-electron chi connectivity index (χ4n) is 2.55.